The van der Waals surface area contributed by atoms with Gasteiger partial charge in [-0.1, -0.05) is 0 Å². The van der Waals surface area contributed by atoms with Gasteiger partial charge in [0, 0.05) is 38.2 Å². The van der Waals surface area contributed by atoms with Crippen molar-refractivity contribution in [1.29, 1.82) is 0 Å². The summed E-state index contributed by atoms with van der Waals surface area (Å²) in [7, 11) is 0. The quantitative estimate of drug-likeness (QED) is 0.704. The molecule has 10 heteroatoms. The van der Waals surface area contributed by atoms with E-state index in [9.17, 15) is 9.59 Å². The summed E-state index contributed by atoms with van der Waals surface area (Å²) in [5, 5.41) is 14.1. The minimum atomic E-state index is -0.180. The standard InChI is InChI=1S/C18H25N7O3/c26-16(4-1-6-25-12-19-11-21-25)24-7-5-14-15(10-24)22-23-17(14)18(27)20-9-13-3-2-8-28-13/h11-13H,1-10H2,(H,20,27)(H,22,23). The van der Waals surface area contributed by atoms with Crippen LogP contribution in [0.4, 0.5) is 0 Å². The molecule has 2 aromatic rings. The zero-order valence-corrected chi connectivity index (χ0v) is 15.8. The number of nitrogens with zero attached hydrogens (tertiary/aromatic N) is 5. The Hall–Kier alpha value is -2.75. The van der Waals surface area contributed by atoms with Gasteiger partial charge in [0.15, 0.2) is 5.69 Å². The minimum absolute atomic E-state index is 0.101. The number of aryl methyl sites for hydroxylation is 1. The zero-order chi connectivity index (χ0) is 19.3. The van der Waals surface area contributed by atoms with Crippen molar-refractivity contribution in [2.75, 3.05) is 19.7 Å². The molecule has 2 aromatic heterocycles. The van der Waals surface area contributed by atoms with Gasteiger partial charge < -0.3 is 15.0 Å². The van der Waals surface area contributed by atoms with Crippen LogP contribution in [0, 0.1) is 0 Å². The first kappa shape index (κ1) is 18.6. The lowest BCUT2D eigenvalue weighted by molar-refractivity contribution is -0.132. The van der Waals surface area contributed by atoms with Crippen LogP contribution in [0.25, 0.3) is 0 Å². The Kier molecular flexibility index (Phi) is 5.65. The number of aromatic amines is 1. The molecule has 4 rings (SSSR count). The van der Waals surface area contributed by atoms with E-state index in [1.54, 1.807) is 11.0 Å². The molecule has 0 saturated carbocycles. The number of carbonyl (C=O) groups excluding carboxylic acids is 2. The average molecular weight is 387 g/mol. The number of rotatable bonds is 7. The summed E-state index contributed by atoms with van der Waals surface area (Å²) >= 11 is 0. The van der Waals surface area contributed by atoms with Crippen molar-refractivity contribution in [1.82, 2.24) is 35.2 Å². The topological polar surface area (TPSA) is 118 Å². The van der Waals surface area contributed by atoms with E-state index in [1.807, 2.05) is 4.90 Å². The molecule has 1 atom stereocenters. The highest BCUT2D eigenvalue weighted by atomic mass is 16.5. The minimum Gasteiger partial charge on any atom is -0.376 e. The second kappa shape index (κ2) is 8.51. The third kappa shape index (κ3) is 4.22. The van der Waals surface area contributed by atoms with Crippen molar-refractivity contribution >= 4 is 11.8 Å². The number of nitrogens with one attached hydrogen (secondary N) is 2. The zero-order valence-electron chi connectivity index (χ0n) is 15.8. The summed E-state index contributed by atoms with van der Waals surface area (Å²) in [6.07, 6.45) is 7.05. The predicted octanol–water partition coefficient (Wildman–Crippen LogP) is 0.275. The van der Waals surface area contributed by atoms with Crippen LogP contribution < -0.4 is 5.32 Å². The molecule has 2 aliphatic rings. The fourth-order valence-corrected chi connectivity index (χ4v) is 3.71. The van der Waals surface area contributed by atoms with E-state index in [0.717, 1.165) is 30.7 Å². The third-order valence-electron chi connectivity index (χ3n) is 5.26. The molecule has 28 heavy (non-hydrogen) atoms. The number of aromatic nitrogens is 5. The van der Waals surface area contributed by atoms with Crippen molar-refractivity contribution in [3.63, 3.8) is 0 Å². The molecule has 2 aliphatic heterocycles. The summed E-state index contributed by atoms with van der Waals surface area (Å²) in [6.45, 7) is 3.01. The molecule has 0 bridgehead atoms. The van der Waals surface area contributed by atoms with E-state index in [1.165, 1.54) is 6.33 Å². The van der Waals surface area contributed by atoms with E-state index in [4.69, 9.17) is 4.74 Å². The van der Waals surface area contributed by atoms with Gasteiger partial charge in [0.25, 0.3) is 5.91 Å². The molecule has 1 saturated heterocycles. The van der Waals surface area contributed by atoms with Gasteiger partial charge in [-0.15, -0.1) is 0 Å². The number of hydrogen-bond acceptors (Lipinski definition) is 6. The van der Waals surface area contributed by atoms with Gasteiger partial charge in [0.1, 0.15) is 12.7 Å². The van der Waals surface area contributed by atoms with Gasteiger partial charge in [-0.3, -0.25) is 19.4 Å². The fraction of sp³-hybridized carbons (Fsp3) is 0.611. The van der Waals surface area contributed by atoms with E-state index >= 15 is 0 Å². The summed E-state index contributed by atoms with van der Waals surface area (Å²) in [5.74, 6) is -0.0784. The monoisotopic (exact) mass is 387 g/mol. The van der Waals surface area contributed by atoms with Gasteiger partial charge in [0.05, 0.1) is 18.3 Å². The Morgan fingerprint density at radius 3 is 3.11 bits per heavy atom. The van der Waals surface area contributed by atoms with E-state index in [0.29, 0.717) is 51.1 Å². The lowest BCUT2D eigenvalue weighted by Gasteiger charge is -2.27. The molecule has 150 valence electrons. The maximum Gasteiger partial charge on any atom is 0.272 e. The second-order valence-corrected chi connectivity index (χ2v) is 7.20. The lowest BCUT2D eigenvalue weighted by Crippen LogP contribution is -2.37. The lowest BCUT2D eigenvalue weighted by atomic mass is 10.0. The Balaban J connectivity index is 1.28. The summed E-state index contributed by atoms with van der Waals surface area (Å²) < 4.78 is 7.25. The summed E-state index contributed by atoms with van der Waals surface area (Å²) in [6, 6.07) is 0. The summed E-state index contributed by atoms with van der Waals surface area (Å²) in [4.78, 5) is 30.6. The molecule has 1 unspecified atom stereocenters. The fourth-order valence-electron chi connectivity index (χ4n) is 3.71. The van der Waals surface area contributed by atoms with Gasteiger partial charge in [-0.05, 0) is 25.7 Å². The smallest absolute Gasteiger partial charge is 0.272 e. The highest BCUT2D eigenvalue weighted by Crippen LogP contribution is 2.21. The maximum atomic E-state index is 12.5. The van der Waals surface area contributed by atoms with Gasteiger partial charge in [0.2, 0.25) is 5.91 Å². The van der Waals surface area contributed by atoms with Crippen LogP contribution in [-0.4, -0.2) is 67.5 Å². The molecular weight excluding hydrogens is 362 g/mol. The average Bonchev–Trinajstić information content (AvgIpc) is 3.47. The van der Waals surface area contributed by atoms with Crippen molar-refractivity contribution < 1.29 is 14.3 Å². The van der Waals surface area contributed by atoms with Crippen molar-refractivity contribution in [3.8, 4) is 0 Å². The molecule has 2 N–H and O–H groups in total. The number of H-pyrrole nitrogens is 1. The van der Waals surface area contributed by atoms with Crippen LogP contribution in [0.5, 0.6) is 0 Å². The Morgan fingerprint density at radius 2 is 2.32 bits per heavy atom. The molecule has 0 radical (unpaired) electrons. The normalized spacial score (nSPS) is 18.9. The number of hydrogen-bond donors (Lipinski definition) is 2. The van der Waals surface area contributed by atoms with Crippen LogP contribution in [-0.2, 0) is 29.0 Å². The molecule has 2 amide bonds. The van der Waals surface area contributed by atoms with Crippen LogP contribution in [0.1, 0.15) is 47.4 Å². The van der Waals surface area contributed by atoms with Gasteiger partial charge in [-0.25, -0.2) is 4.98 Å². The molecule has 1 fully saturated rings. The van der Waals surface area contributed by atoms with Crippen molar-refractivity contribution in [2.24, 2.45) is 0 Å². The molecule has 10 nitrogen and oxygen atoms in total. The number of ether oxygens (including phenoxy) is 1. The number of carbonyl (C=O) groups is 2. The Labute approximate surface area is 162 Å². The van der Waals surface area contributed by atoms with Crippen LogP contribution in [0.15, 0.2) is 12.7 Å². The number of amides is 2. The van der Waals surface area contributed by atoms with E-state index in [-0.39, 0.29) is 17.9 Å². The third-order valence-corrected chi connectivity index (χ3v) is 5.26. The Bertz CT molecular complexity index is 811. The van der Waals surface area contributed by atoms with Gasteiger partial charge >= 0.3 is 0 Å². The molecule has 4 heterocycles. The highest BCUT2D eigenvalue weighted by molar-refractivity contribution is 5.94. The van der Waals surface area contributed by atoms with Crippen molar-refractivity contribution in [2.45, 2.75) is 51.3 Å². The molecule has 0 aromatic carbocycles. The van der Waals surface area contributed by atoms with Gasteiger partial charge in [-0.2, -0.15) is 10.2 Å². The SMILES string of the molecule is O=C(NCC1CCCO1)c1n[nH]c2c1CCN(C(=O)CCCn1cncn1)C2. The first-order valence-corrected chi connectivity index (χ1v) is 9.77. The summed E-state index contributed by atoms with van der Waals surface area (Å²) in [5.41, 5.74) is 2.20. The maximum absolute atomic E-state index is 12.5. The molecule has 0 spiro atoms. The Morgan fingerprint density at radius 1 is 1.39 bits per heavy atom. The van der Waals surface area contributed by atoms with Crippen LogP contribution >= 0.6 is 0 Å². The molecular formula is C18H25N7O3. The largest absolute Gasteiger partial charge is 0.376 e. The van der Waals surface area contributed by atoms with Crippen LogP contribution in [0.2, 0.25) is 0 Å². The van der Waals surface area contributed by atoms with E-state index < -0.39 is 0 Å². The number of fused-ring (bicyclic) bond motifs is 1. The first-order valence-electron chi connectivity index (χ1n) is 9.77. The second-order valence-electron chi connectivity index (χ2n) is 7.20. The molecule has 0 aliphatic carbocycles. The predicted molar refractivity (Wildman–Crippen MR) is 98.3 cm³/mol. The first-order chi connectivity index (χ1) is 13.7. The van der Waals surface area contributed by atoms with Crippen LogP contribution in [0.3, 0.4) is 0 Å². The van der Waals surface area contributed by atoms with E-state index in [2.05, 4.69) is 25.6 Å². The highest BCUT2D eigenvalue weighted by Gasteiger charge is 2.27. The van der Waals surface area contributed by atoms with Crippen molar-refractivity contribution in [3.05, 3.63) is 29.6 Å².